The zero-order valence-corrected chi connectivity index (χ0v) is 16.8. The molecule has 0 unspecified atom stereocenters. The van der Waals surface area contributed by atoms with Crippen molar-refractivity contribution in [2.24, 2.45) is 5.92 Å². The number of aromatic nitrogens is 2. The molecule has 2 heterocycles. The van der Waals surface area contributed by atoms with Crippen LogP contribution in [0.5, 0.6) is 0 Å². The Bertz CT molecular complexity index is 772. The minimum atomic E-state index is 0.109. The predicted molar refractivity (Wildman–Crippen MR) is 107 cm³/mol. The summed E-state index contributed by atoms with van der Waals surface area (Å²) in [5.41, 5.74) is 2.81. The molecule has 0 atom stereocenters. The molecule has 1 aromatic carbocycles. The van der Waals surface area contributed by atoms with E-state index in [1.807, 2.05) is 24.1 Å². The van der Waals surface area contributed by atoms with Crippen molar-refractivity contribution in [2.45, 2.75) is 52.6 Å². The van der Waals surface area contributed by atoms with Crippen molar-refractivity contribution < 1.29 is 4.79 Å². The molecular formula is C21H32N4O. The number of carbonyl (C=O) groups excluding carboxylic acids is 1. The van der Waals surface area contributed by atoms with E-state index in [9.17, 15) is 4.79 Å². The quantitative estimate of drug-likeness (QED) is 0.824. The summed E-state index contributed by atoms with van der Waals surface area (Å²) in [6.07, 6.45) is 2.99. The average Bonchev–Trinajstić information content (AvgIpc) is 2.97. The van der Waals surface area contributed by atoms with Crippen LogP contribution in [0.25, 0.3) is 11.0 Å². The highest BCUT2D eigenvalue weighted by Gasteiger charge is 2.25. The number of rotatable bonds is 5. The second-order valence-electron chi connectivity index (χ2n) is 8.04. The second-order valence-corrected chi connectivity index (χ2v) is 8.04. The lowest BCUT2D eigenvalue weighted by molar-refractivity contribution is 0.0659. The number of hydrogen-bond donors (Lipinski definition) is 0. The minimum Gasteiger partial charge on any atom is -0.339 e. The highest BCUT2D eigenvalue weighted by molar-refractivity contribution is 5.97. The van der Waals surface area contributed by atoms with Gasteiger partial charge < -0.3 is 14.4 Å². The van der Waals surface area contributed by atoms with E-state index >= 15 is 0 Å². The molecule has 0 radical (unpaired) electrons. The summed E-state index contributed by atoms with van der Waals surface area (Å²) in [5.74, 6) is 1.77. The molecule has 1 aliphatic heterocycles. The van der Waals surface area contributed by atoms with E-state index < -0.39 is 0 Å². The number of nitrogens with zero attached hydrogens (tertiary/aromatic N) is 4. The molecule has 0 aliphatic carbocycles. The smallest absolute Gasteiger partial charge is 0.253 e. The Morgan fingerprint density at radius 1 is 1.31 bits per heavy atom. The Kier molecular flexibility index (Phi) is 5.66. The molecule has 3 rings (SSSR count). The first-order valence-electron chi connectivity index (χ1n) is 9.85. The lowest BCUT2D eigenvalue weighted by Crippen LogP contribution is -2.44. The van der Waals surface area contributed by atoms with E-state index in [0.29, 0.717) is 12.0 Å². The molecule has 5 nitrogen and oxygen atoms in total. The molecule has 5 heteroatoms. The number of benzene rings is 1. The third-order valence-corrected chi connectivity index (χ3v) is 5.49. The molecule has 0 spiro atoms. The van der Waals surface area contributed by atoms with Crippen LogP contribution in [-0.4, -0.2) is 58.5 Å². The number of piperidine rings is 1. The molecule has 0 N–H and O–H groups in total. The summed E-state index contributed by atoms with van der Waals surface area (Å²) >= 11 is 0. The average molecular weight is 357 g/mol. The van der Waals surface area contributed by atoms with Crippen molar-refractivity contribution in [3.63, 3.8) is 0 Å². The number of imidazole rings is 1. The molecule has 26 heavy (non-hydrogen) atoms. The first-order valence-corrected chi connectivity index (χ1v) is 9.85. The van der Waals surface area contributed by atoms with Crippen LogP contribution in [-0.2, 0) is 13.0 Å². The largest absolute Gasteiger partial charge is 0.339 e. The van der Waals surface area contributed by atoms with Gasteiger partial charge in [0.15, 0.2) is 0 Å². The Morgan fingerprint density at radius 3 is 2.62 bits per heavy atom. The minimum absolute atomic E-state index is 0.109. The van der Waals surface area contributed by atoms with Gasteiger partial charge in [-0.1, -0.05) is 20.8 Å². The van der Waals surface area contributed by atoms with Gasteiger partial charge in [0.1, 0.15) is 5.82 Å². The highest BCUT2D eigenvalue weighted by atomic mass is 16.2. The lowest BCUT2D eigenvalue weighted by Gasteiger charge is -2.35. The third-order valence-electron chi connectivity index (χ3n) is 5.49. The fourth-order valence-corrected chi connectivity index (χ4v) is 3.90. The lowest BCUT2D eigenvalue weighted by atomic mass is 10.0. The van der Waals surface area contributed by atoms with Crippen molar-refractivity contribution in [2.75, 3.05) is 27.2 Å². The molecule has 1 aromatic heterocycles. The zero-order valence-electron chi connectivity index (χ0n) is 16.8. The summed E-state index contributed by atoms with van der Waals surface area (Å²) in [4.78, 5) is 22.0. The zero-order chi connectivity index (χ0) is 18.8. The van der Waals surface area contributed by atoms with Crippen molar-refractivity contribution in [3.8, 4) is 0 Å². The Hall–Kier alpha value is -1.88. The van der Waals surface area contributed by atoms with Crippen LogP contribution in [0.15, 0.2) is 18.2 Å². The Balaban J connectivity index is 1.85. The van der Waals surface area contributed by atoms with Crippen LogP contribution >= 0.6 is 0 Å². The van der Waals surface area contributed by atoms with Crippen LogP contribution in [0, 0.1) is 5.92 Å². The van der Waals surface area contributed by atoms with Gasteiger partial charge in [0.2, 0.25) is 0 Å². The Morgan fingerprint density at radius 2 is 2.00 bits per heavy atom. The molecule has 1 amide bonds. The van der Waals surface area contributed by atoms with E-state index in [2.05, 4.69) is 43.4 Å². The molecule has 142 valence electrons. The normalized spacial score (nSPS) is 16.5. The Labute approximate surface area is 157 Å². The number of likely N-dealkylation sites (tertiary alicyclic amines) is 1. The summed E-state index contributed by atoms with van der Waals surface area (Å²) < 4.78 is 2.30. The first kappa shape index (κ1) is 18.9. The van der Waals surface area contributed by atoms with E-state index in [1.165, 1.54) is 0 Å². The molecule has 1 saturated heterocycles. The van der Waals surface area contributed by atoms with Crippen molar-refractivity contribution in [3.05, 3.63) is 29.6 Å². The number of hydrogen-bond acceptors (Lipinski definition) is 3. The van der Waals surface area contributed by atoms with E-state index in [0.717, 1.165) is 61.3 Å². The molecule has 1 fully saturated rings. The summed E-state index contributed by atoms with van der Waals surface area (Å²) in [5, 5.41) is 0. The van der Waals surface area contributed by atoms with Gasteiger partial charge in [0, 0.05) is 31.6 Å². The van der Waals surface area contributed by atoms with Gasteiger partial charge in [-0.05, 0) is 57.1 Å². The maximum absolute atomic E-state index is 13.0. The van der Waals surface area contributed by atoms with Crippen LogP contribution in [0.1, 0.15) is 49.8 Å². The summed E-state index contributed by atoms with van der Waals surface area (Å²) in [7, 11) is 4.09. The maximum Gasteiger partial charge on any atom is 0.253 e. The topological polar surface area (TPSA) is 41.4 Å². The van der Waals surface area contributed by atoms with Crippen LogP contribution in [0.3, 0.4) is 0 Å². The molecule has 1 aliphatic rings. The molecule has 0 bridgehead atoms. The second kappa shape index (κ2) is 7.78. The van der Waals surface area contributed by atoms with Gasteiger partial charge in [-0.25, -0.2) is 4.98 Å². The summed E-state index contributed by atoms with van der Waals surface area (Å²) in [6, 6.07) is 6.34. The van der Waals surface area contributed by atoms with E-state index in [1.54, 1.807) is 0 Å². The molecule has 2 aromatic rings. The van der Waals surface area contributed by atoms with Crippen LogP contribution in [0.4, 0.5) is 0 Å². The number of amides is 1. The monoisotopic (exact) mass is 356 g/mol. The maximum atomic E-state index is 13.0. The third kappa shape index (κ3) is 3.78. The van der Waals surface area contributed by atoms with Crippen molar-refractivity contribution in [1.29, 1.82) is 0 Å². The van der Waals surface area contributed by atoms with Crippen molar-refractivity contribution >= 4 is 16.9 Å². The van der Waals surface area contributed by atoms with Gasteiger partial charge >= 0.3 is 0 Å². The fraction of sp³-hybridized carbons (Fsp3) is 0.619. The van der Waals surface area contributed by atoms with E-state index in [-0.39, 0.29) is 5.91 Å². The number of carbonyl (C=O) groups is 1. The van der Waals surface area contributed by atoms with Gasteiger partial charge in [-0.3, -0.25) is 4.79 Å². The van der Waals surface area contributed by atoms with Gasteiger partial charge in [0.25, 0.3) is 5.91 Å². The standard InChI is InChI=1S/C21H32N4O/c1-6-20-22-18-13-16(7-8-19(18)25(20)14-15(2)3)21(26)24(5)17-9-11-23(4)12-10-17/h7-8,13,15,17H,6,9-12,14H2,1-5H3. The van der Waals surface area contributed by atoms with Crippen LogP contribution in [0.2, 0.25) is 0 Å². The molecule has 0 saturated carbocycles. The van der Waals surface area contributed by atoms with E-state index in [4.69, 9.17) is 4.98 Å². The van der Waals surface area contributed by atoms with Crippen LogP contribution < -0.4 is 0 Å². The van der Waals surface area contributed by atoms with Gasteiger partial charge in [-0.2, -0.15) is 0 Å². The van der Waals surface area contributed by atoms with Gasteiger partial charge in [-0.15, -0.1) is 0 Å². The summed E-state index contributed by atoms with van der Waals surface area (Å²) in [6.45, 7) is 9.65. The van der Waals surface area contributed by atoms with Crippen molar-refractivity contribution in [1.82, 2.24) is 19.4 Å². The number of aryl methyl sites for hydroxylation is 1. The molecular weight excluding hydrogens is 324 g/mol. The first-order chi connectivity index (χ1) is 12.4. The number of fused-ring (bicyclic) bond motifs is 1. The van der Waals surface area contributed by atoms with Gasteiger partial charge in [0.05, 0.1) is 11.0 Å². The SMILES string of the molecule is CCc1nc2cc(C(=O)N(C)C3CCN(C)CC3)ccc2n1CC(C)C. The fourth-order valence-electron chi connectivity index (χ4n) is 3.90. The highest BCUT2D eigenvalue weighted by Crippen LogP contribution is 2.22. The predicted octanol–water partition coefficient (Wildman–Crippen LogP) is 3.42.